The van der Waals surface area contributed by atoms with Crippen LogP contribution in [0.3, 0.4) is 0 Å². The second-order valence-electron chi connectivity index (χ2n) is 5.80. The molecule has 1 aromatic carbocycles. The molecule has 1 aliphatic heterocycles. The highest BCUT2D eigenvalue weighted by Crippen LogP contribution is 2.39. The number of carbonyl (C=O) groups excluding carboxylic acids is 1. The minimum atomic E-state index is -0.356. The lowest BCUT2D eigenvalue weighted by Gasteiger charge is -2.14. The van der Waals surface area contributed by atoms with E-state index >= 15 is 0 Å². The fourth-order valence-corrected chi connectivity index (χ4v) is 4.22. The molecular formula is C18H22N2O2S. The largest absolute Gasteiger partial charge is 0.465 e. The van der Waals surface area contributed by atoms with Crippen LogP contribution in [0.5, 0.6) is 0 Å². The summed E-state index contributed by atoms with van der Waals surface area (Å²) in [5.41, 5.74) is 8.63. The summed E-state index contributed by atoms with van der Waals surface area (Å²) < 4.78 is 4.95. The summed E-state index contributed by atoms with van der Waals surface area (Å²) >= 11 is 1.51. The molecule has 5 heteroatoms. The van der Waals surface area contributed by atoms with E-state index in [0.29, 0.717) is 10.6 Å². The molecule has 23 heavy (non-hydrogen) atoms. The van der Waals surface area contributed by atoms with Crippen molar-refractivity contribution >= 4 is 22.3 Å². The summed E-state index contributed by atoms with van der Waals surface area (Å²) in [6.07, 6.45) is 3.48. The molecule has 1 aromatic heterocycles. The standard InChI is InChI=1S/C18H22N2O2S/c1-22-18(21)16-15(13-7-3-2-4-8-13)14(23-17(16)19)9-12-20-10-5-6-11-20/h2-4,7-8H,5-6,9-12,19H2,1H3. The van der Waals surface area contributed by atoms with Crippen molar-refractivity contribution in [1.82, 2.24) is 4.90 Å². The number of likely N-dealkylation sites (tertiary alicyclic amines) is 1. The highest BCUT2D eigenvalue weighted by Gasteiger charge is 2.24. The van der Waals surface area contributed by atoms with Crippen molar-refractivity contribution in [3.8, 4) is 11.1 Å². The number of nitrogens with two attached hydrogens (primary N) is 1. The first-order valence-electron chi connectivity index (χ1n) is 7.98. The van der Waals surface area contributed by atoms with Crippen LogP contribution in [0.2, 0.25) is 0 Å². The molecule has 2 heterocycles. The maximum Gasteiger partial charge on any atom is 0.341 e. The van der Waals surface area contributed by atoms with Crippen LogP contribution in [0.15, 0.2) is 30.3 Å². The third-order valence-electron chi connectivity index (χ3n) is 4.31. The highest BCUT2D eigenvalue weighted by molar-refractivity contribution is 7.17. The Morgan fingerprint density at radius 3 is 2.61 bits per heavy atom. The van der Waals surface area contributed by atoms with Gasteiger partial charge in [-0.25, -0.2) is 4.79 Å². The fourth-order valence-electron chi connectivity index (χ4n) is 3.15. The Labute approximate surface area is 140 Å². The minimum Gasteiger partial charge on any atom is -0.465 e. The van der Waals surface area contributed by atoms with Gasteiger partial charge in [0, 0.05) is 17.0 Å². The van der Waals surface area contributed by atoms with Gasteiger partial charge in [-0.3, -0.25) is 0 Å². The molecular weight excluding hydrogens is 308 g/mol. The van der Waals surface area contributed by atoms with Gasteiger partial charge >= 0.3 is 5.97 Å². The Hall–Kier alpha value is -1.85. The second kappa shape index (κ2) is 7.15. The molecule has 2 N–H and O–H groups in total. The van der Waals surface area contributed by atoms with Crippen LogP contribution in [-0.2, 0) is 11.2 Å². The number of rotatable bonds is 5. The van der Waals surface area contributed by atoms with Crippen molar-refractivity contribution in [1.29, 1.82) is 0 Å². The molecule has 0 aliphatic carbocycles. The third-order valence-corrected chi connectivity index (χ3v) is 5.39. The van der Waals surface area contributed by atoms with Crippen LogP contribution in [0.1, 0.15) is 28.1 Å². The van der Waals surface area contributed by atoms with Crippen LogP contribution in [0, 0.1) is 0 Å². The Morgan fingerprint density at radius 2 is 1.96 bits per heavy atom. The minimum absolute atomic E-state index is 0.356. The number of thiophene rings is 1. The van der Waals surface area contributed by atoms with Gasteiger partial charge in [0.05, 0.1) is 7.11 Å². The summed E-state index contributed by atoms with van der Waals surface area (Å²) in [7, 11) is 1.40. The lowest BCUT2D eigenvalue weighted by atomic mass is 10.00. The normalized spacial score (nSPS) is 15.0. The Balaban J connectivity index is 1.96. The van der Waals surface area contributed by atoms with E-state index in [2.05, 4.69) is 4.90 Å². The number of anilines is 1. The number of ether oxygens (including phenoxy) is 1. The van der Waals surface area contributed by atoms with Crippen LogP contribution >= 0.6 is 11.3 Å². The maximum absolute atomic E-state index is 12.2. The zero-order valence-corrected chi connectivity index (χ0v) is 14.2. The van der Waals surface area contributed by atoms with Crippen molar-refractivity contribution < 1.29 is 9.53 Å². The molecule has 1 saturated heterocycles. The average Bonchev–Trinajstić information content (AvgIpc) is 3.20. The summed E-state index contributed by atoms with van der Waals surface area (Å²) in [6.45, 7) is 3.36. The predicted molar refractivity (Wildman–Crippen MR) is 94.9 cm³/mol. The molecule has 0 unspecified atom stereocenters. The fraction of sp³-hybridized carbons (Fsp3) is 0.389. The summed E-state index contributed by atoms with van der Waals surface area (Å²) in [5, 5.41) is 0.548. The average molecular weight is 330 g/mol. The molecule has 2 aromatic rings. The van der Waals surface area contributed by atoms with Gasteiger partial charge in [-0.05, 0) is 37.9 Å². The molecule has 1 aliphatic rings. The Kier molecular flexibility index (Phi) is 4.98. The Morgan fingerprint density at radius 1 is 1.26 bits per heavy atom. The van der Waals surface area contributed by atoms with Crippen molar-refractivity contribution in [3.63, 3.8) is 0 Å². The van der Waals surface area contributed by atoms with Crippen molar-refractivity contribution in [2.45, 2.75) is 19.3 Å². The van der Waals surface area contributed by atoms with E-state index in [1.54, 1.807) is 0 Å². The van der Waals surface area contributed by atoms with E-state index in [4.69, 9.17) is 10.5 Å². The van der Waals surface area contributed by atoms with Gasteiger partial charge in [-0.15, -0.1) is 11.3 Å². The zero-order valence-electron chi connectivity index (χ0n) is 13.4. The number of methoxy groups -OCH3 is 1. The first kappa shape index (κ1) is 16.0. The van der Waals surface area contributed by atoms with E-state index in [-0.39, 0.29) is 5.97 Å². The summed E-state index contributed by atoms with van der Waals surface area (Å²) in [6, 6.07) is 9.98. The number of esters is 1. The quantitative estimate of drug-likeness (QED) is 0.854. The van der Waals surface area contributed by atoms with E-state index in [0.717, 1.165) is 24.1 Å². The summed E-state index contributed by atoms with van der Waals surface area (Å²) in [4.78, 5) is 15.8. The molecule has 0 radical (unpaired) electrons. The van der Waals surface area contributed by atoms with Crippen LogP contribution in [0.25, 0.3) is 11.1 Å². The van der Waals surface area contributed by atoms with E-state index in [9.17, 15) is 4.79 Å². The zero-order chi connectivity index (χ0) is 16.2. The lowest BCUT2D eigenvalue weighted by molar-refractivity contribution is 0.0603. The number of benzene rings is 1. The molecule has 0 bridgehead atoms. The maximum atomic E-state index is 12.2. The van der Waals surface area contributed by atoms with E-state index < -0.39 is 0 Å². The molecule has 122 valence electrons. The molecule has 3 rings (SSSR count). The molecule has 4 nitrogen and oxygen atoms in total. The van der Waals surface area contributed by atoms with Gasteiger partial charge in [0.15, 0.2) is 0 Å². The van der Waals surface area contributed by atoms with Crippen molar-refractivity contribution in [2.24, 2.45) is 0 Å². The number of nitrogens with zero attached hydrogens (tertiary/aromatic N) is 1. The van der Waals surface area contributed by atoms with Crippen molar-refractivity contribution in [3.05, 3.63) is 40.8 Å². The van der Waals surface area contributed by atoms with Gasteiger partial charge in [-0.1, -0.05) is 30.3 Å². The van der Waals surface area contributed by atoms with Crippen LogP contribution < -0.4 is 5.73 Å². The lowest BCUT2D eigenvalue weighted by Crippen LogP contribution is -2.21. The van der Waals surface area contributed by atoms with Gasteiger partial charge in [0.1, 0.15) is 10.6 Å². The number of nitrogen functional groups attached to an aromatic ring is 1. The van der Waals surface area contributed by atoms with Gasteiger partial charge in [0.2, 0.25) is 0 Å². The van der Waals surface area contributed by atoms with Crippen LogP contribution in [0.4, 0.5) is 5.00 Å². The molecule has 0 amide bonds. The SMILES string of the molecule is COC(=O)c1c(N)sc(CCN2CCCC2)c1-c1ccccc1. The number of carbonyl (C=O) groups is 1. The molecule has 1 fully saturated rings. The second-order valence-corrected chi connectivity index (χ2v) is 6.93. The first-order valence-corrected chi connectivity index (χ1v) is 8.79. The molecule has 0 atom stereocenters. The predicted octanol–water partition coefficient (Wildman–Crippen LogP) is 3.42. The number of hydrogen-bond donors (Lipinski definition) is 1. The third kappa shape index (κ3) is 3.41. The molecule has 0 saturated carbocycles. The van der Waals surface area contributed by atoms with Gasteiger partial charge in [-0.2, -0.15) is 0 Å². The van der Waals surface area contributed by atoms with Crippen LogP contribution in [-0.4, -0.2) is 37.6 Å². The summed E-state index contributed by atoms with van der Waals surface area (Å²) in [5.74, 6) is -0.356. The topological polar surface area (TPSA) is 55.6 Å². The number of hydrogen-bond acceptors (Lipinski definition) is 5. The van der Waals surface area contributed by atoms with E-state index in [1.807, 2.05) is 30.3 Å². The molecule has 0 spiro atoms. The Bertz CT molecular complexity index is 676. The van der Waals surface area contributed by atoms with Gasteiger partial charge < -0.3 is 15.4 Å². The van der Waals surface area contributed by atoms with Gasteiger partial charge in [0.25, 0.3) is 0 Å². The smallest absolute Gasteiger partial charge is 0.341 e. The van der Waals surface area contributed by atoms with E-state index in [1.165, 1.54) is 49.3 Å². The van der Waals surface area contributed by atoms with Crippen molar-refractivity contribution in [2.75, 3.05) is 32.5 Å². The monoisotopic (exact) mass is 330 g/mol. The highest BCUT2D eigenvalue weighted by atomic mass is 32.1. The first-order chi connectivity index (χ1) is 11.2.